The van der Waals surface area contributed by atoms with Gasteiger partial charge in [0, 0.05) is 25.6 Å². The molecule has 3 N–H and O–H groups in total. The molecule has 0 saturated heterocycles. The molecule has 38 heavy (non-hydrogen) atoms. The normalized spacial score (nSPS) is 11.6. The summed E-state index contributed by atoms with van der Waals surface area (Å²) < 4.78 is 40.7. The second-order valence-corrected chi connectivity index (χ2v) is 11.1. The number of aromatic hydroxyl groups is 1. The van der Waals surface area contributed by atoms with Crippen molar-refractivity contribution in [2.75, 3.05) is 22.4 Å². The predicted molar refractivity (Wildman–Crippen MR) is 147 cm³/mol. The van der Waals surface area contributed by atoms with Crippen LogP contribution in [0.2, 0.25) is 0 Å². The van der Waals surface area contributed by atoms with Gasteiger partial charge in [-0.2, -0.15) is 5.10 Å². The zero-order chi connectivity index (χ0) is 27.6. The summed E-state index contributed by atoms with van der Waals surface area (Å²) in [5.41, 5.74) is 3.60. The highest BCUT2D eigenvalue weighted by atomic mass is 32.2. The molecule has 0 aliphatic carbocycles. The number of nitrogens with zero attached hydrogens (tertiary/aromatic N) is 3. The molecule has 0 unspecified atom stereocenters. The predicted octanol–water partition coefficient (Wildman–Crippen LogP) is 5.02. The molecule has 0 aliphatic rings. The van der Waals surface area contributed by atoms with Crippen LogP contribution in [0.25, 0.3) is 22.2 Å². The first kappa shape index (κ1) is 27.1. The largest absolute Gasteiger partial charge is 0.505 e. The minimum absolute atomic E-state index is 0.0457. The van der Waals surface area contributed by atoms with E-state index in [1.54, 1.807) is 32.0 Å². The number of para-hydroxylation sites is 1. The summed E-state index contributed by atoms with van der Waals surface area (Å²) in [6.07, 6.45) is 0.770. The number of benzene rings is 2. The summed E-state index contributed by atoms with van der Waals surface area (Å²) in [6.45, 7) is 5.41. The van der Waals surface area contributed by atoms with Crippen LogP contribution < -0.4 is 9.62 Å². The van der Waals surface area contributed by atoms with Gasteiger partial charge in [-0.05, 0) is 48.7 Å². The van der Waals surface area contributed by atoms with E-state index in [9.17, 15) is 22.7 Å². The molecule has 9 nitrogen and oxygen atoms in total. The molecule has 2 heterocycles. The van der Waals surface area contributed by atoms with Crippen molar-refractivity contribution in [3.05, 3.63) is 65.1 Å². The van der Waals surface area contributed by atoms with Crippen LogP contribution in [-0.4, -0.2) is 47.3 Å². The second kappa shape index (κ2) is 10.8. The summed E-state index contributed by atoms with van der Waals surface area (Å²) in [4.78, 5) is 17.4. The molecule has 0 atom stereocenters. The number of halogens is 1. The van der Waals surface area contributed by atoms with E-state index >= 15 is 0 Å². The number of fused-ring (bicyclic) bond motifs is 1. The van der Waals surface area contributed by atoms with Crippen LogP contribution in [0.4, 0.5) is 15.9 Å². The van der Waals surface area contributed by atoms with Gasteiger partial charge in [0.05, 0.1) is 28.0 Å². The smallest absolute Gasteiger partial charge is 0.234 e. The monoisotopic (exact) mass is 539 g/mol. The fourth-order valence-corrected chi connectivity index (χ4v) is 5.17. The van der Waals surface area contributed by atoms with Crippen LogP contribution in [0, 0.1) is 5.82 Å². The van der Waals surface area contributed by atoms with E-state index in [1.165, 1.54) is 23.5 Å². The van der Waals surface area contributed by atoms with Gasteiger partial charge in [-0.1, -0.05) is 32.0 Å². The van der Waals surface area contributed by atoms with Crippen molar-refractivity contribution in [1.82, 2.24) is 15.2 Å². The van der Waals surface area contributed by atoms with Crippen LogP contribution >= 0.6 is 0 Å². The zero-order valence-corrected chi connectivity index (χ0v) is 22.5. The molecule has 0 bridgehead atoms. The molecule has 0 fully saturated rings. The van der Waals surface area contributed by atoms with Gasteiger partial charge >= 0.3 is 0 Å². The van der Waals surface area contributed by atoms with Gasteiger partial charge in [-0.15, -0.1) is 0 Å². The van der Waals surface area contributed by atoms with Crippen molar-refractivity contribution in [1.29, 1.82) is 0 Å². The van der Waals surface area contributed by atoms with Crippen LogP contribution in [0.15, 0.2) is 42.5 Å². The number of pyridine rings is 1. The van der Waals surface area contributed by atoms with Gasteiger partial charge < -0.3 is 10.4 Å². The number of rotatable bonds is 10. The number of aryl methyl sites for hydroxylation is 1. The first-order valence-corrected chi connectivity index (χ1v) is 13.9. The van der Waals surface area contributed by atoms with Crippen LogP contribution in [0.1, 0.15) is 48.8 Å². The molecule has 11 heteroatoms. The average molecular weight is 540 g/mol. The van der Waals surface area contributed by atoms with E-state index in [2.05, 4.69) is 15.5 Å². The van der Waals surface area contributed by atoms with Crippen molar-refractivity contribution in [3.8, 4) is 17.0 Å². The molecule has 4 aromatic rings. The fourth-order valence-electron chi connectivity index (χ4n) is 4.31. The Kier molecular flexibility index (Phi) is 7.68. The number of phenolic OH excluding ortho intramolecular Hbond substituents is 1. The molecule has 4 rings (SSSR count). The number of nitrogens with one attached hydrogen (secondary N) is 2. The number of ketones is 1. The Bertz CT molecular complexity index is 1620. The van der Waals surface area contributed by atoms with Crippen LogP contribution in [0.5, 0.6) is 5.75 Å². The highest BCUT2D eigenvalue weighted by Crippen LogP contribution is 2.34. The quantitative estimate of drug-likeness (QED) is 0.241. The number of carbonyl (C=O) groups excluding carboxylic acids is 1. The molecule has 2 aromatic carbocycles. The average Bonchev–Trinajstić information content (AvgIpc) is 3.36. The van der Waals surface area contributed by atoms with Gasteiger partial charge in [-0.3, -0.25) is 14.2 Å². The highest BCUT2D eigenvalue weighted by molar-refractivity contribution is 7.92. The van der Waals surface area contributed by atoms with E-state index in [-0.39, 0.29) is 30.2 Å². The van der Waals surface area contributed by atoms with Crippen molar-refractivity contribution >= 4 is 38.2 Å². The number of hydrogen-bond acceptors (Lipinski definition) is 7. The zero-order valence-electron chi connectivity index (χ0n) is 21.7. The number of aromatic amines is 1. The second-order valence-electron chi connectivity index (χ2n) is 8.79. The van der Waals surface area contributed by atoms with Gasteiger partial charge in [0.2, 0.25) is 10.0 Å². The number of H-pyrrole nitrogens is 1. The lowest BCUT2D eigenvalue weighted by molar-refractivity contribution is 0.0985. The maximum absolute atomic E-state index is 14.4. The summed E-state index contributed by atoms with van der Waals surface area (Å²) in [5.74, 6) is -1.09. The van der Waals surface area contributed by atoms with Gasteiger partial charge in [-0.25, -0.2) is 17.8 Å². The maximum atomic E-state index is 14.4. The molecule has 0 aliphatic heterocycles. The standard InChI is InChI=1S/C27H30FN5O4S/c1-5-16-12-24(35)19(28)13-18(16)20-14-21-25(26(32-31-21)23(34)6-2)27(30-20)29-15-17-10-8-9-11-22(17)33(4)38(36,37)7-3/h8-14,35H,5-7,15H2,1-4H3,(H,29,30)(H,31,32). The Hall–Kier alpha value is -3.99. The molecule has 0 radical (unpaired) electrons. The molecule has 0 saturated carbocycles. The third-order valence-electron chi connectivity index (χ3n) is 6.52. The van der Waals surface area contributed by atoms with Crippen molar-refractivity contribution in [2.24, 2.45) is 0 Å². The van der Waals surface area contributed by atoms with E-state index in [0.717, 1.165) is 0 Å². The number of anilines is 2. The molecular formula is C27H30FN5O4S. The summed E-state index contributed by atoms with van der Waals surface area (Å²) >= 11 is 0. The van der Waals surface area contributed by atoms with Gasteiger partial charge in [0.15, 0.2) is 17.3 Å². The van der Waals surface area contributed by atoms with Crippen molar-refractivity contribution in [2.45, 2.75) is 40.2 Å². The Balaban J connectivity index is 1.84. The Morgan fingerprint density at radius 2 is 1.87 bits per heavy atom. The SMILES string of the molecule is CCC(=O)c1n[nH]c2cc(-c3cc(F)c(O)cc3CC)nc(NCc3ccccc3N(C)S(=O)(=O)CC)c12. The molecule has 0 spiro atoms. The van der Waals surface area contributed by atoms with E-state index in [0.29, 0.717) is 51.2 Å². The lowest BCUT2D eigenvalue weighted by Gasteiger charge is -2.22. The topological polar surface area (TPSA) is 128 Å². The highest BCUT2D eigenvalue weighted by Gasteiger charge is 2.22. The Morgan fingerprint density at radius 3 is 2.55 bits per heavy atom. The third kappa shape index (κ3) is 5.06. The van der Waals surface area contributed by atoms with Crippen LogP contribution in [-0.2, 0) is 23.0 Å². The minimum atomic E-state index is -3.49. The Morgan fingerprint density at radius 1 is 1.13 bits per heavy atom. The molecular weight excluding hydrogens is 509 g/mol. The van der Waals surface area contributed by atoms with E-state index in [1.807, 2.05) is 19.1 Å². The first-order chi connectivity index (χ1) is 18.1. The lowest BCUT2D eigenvalue weighted by Crippen LogP contribution is -2.29. The number of phenols is 1. The summed E-state index contributed by atoms with van der Waals surface area (Å²) in [5, 5.41) is 20.7. The number of aromatic nitrogens is 3. The molecule has 0 amide bonds. The molecule has 2 aromatic heterocycles. The minimum Gasteiger partial charge on any atom is -0.505 e. The number of Topliss-reactive ketones (excluding diaryl/α,β-unsaturated/α-hetero) is 1. The lowest BCUT2D eigenvalue weighted by atomic mass is 10.00. The van der Waals surface area contributed by atoms with E-state index in [4.69, 9.17) is 4.98 Å². The Labute approximate surface area is 220 Å². The third-order valence-corrected chi connectivity index (χ3v) is 8.28. The van der Waals surface area contributed by atoms with Gasteiger partial charge in [0.25, 0.3) is 0 Å². The summed E-state index contributed by atoms with van der Waals surface area (Å²) in [6, 6.07) is 11.4. The van der Waals surface area contributed by atoms with Crippen molar-refractivity contribution < 1.29 is 22.7 Å². The van der Waals surface area contributed by atoms with Crippen LogP contribution in [0.3, 0.4) is 0 Å². The first-order valence-electron chi connectivity index (χ1n) is 12.3. The van der Waals surface area contributed by atoms with Crippen molar-refractivity contribution in [3.63, 3.8) is 0 Å². The summed E-state index contributed by atoms with van der Waals surface area (Å²) in [7, 11) is -1.98. The maximum Gasteiger partial charge on any atom is 0.234 e. The fraction of sp³-hybridized carbons (Fsp3) is 0.296. The number of hydrogen-bond donors (Lipinski definition) is 3. The van der Waals surface area contributed by atoms with Gasteiger partial charge in [0.1, 0.15) is 11.5 Å². The number of carbonyl (C=O) groups is 1. The number of sulfonamides is 1. The van der Waals surface area contributed by atoms with E-state index < -0.39 is 21.6 Å². The molecule has 200 valence electrons.